The van der Waals surface area contributed by atoms with Crippen molar-refractivity contribution in [2.75, 3.05) is 23.8 Å². The summed E-state index contributed by atoms with van der Waals surface area (Å²) in [6.45, 7) is 1.06. The molecule has 0 spiro atoms. The number of aryl methyl sites for hydroxylation is 2. The average Bonchev–Trinajstić information content (AvgIpc) is 3.71. The number of amides is 2. The van der Waals surface area contributed by atoms with E-state index in [0.29, 0.717) is 35.3 Å². The zero-order valence-electron chi connectivity index (χ0n) is 26.2. The molecule has 14 heteroatoms. The number of rotatable bonds is 10. The smallest absolute Gasteiger partial charge is 0.282 e. The first-order chi connectivity index (χ1) is 23.6. The van der Waals surface area contributed by atoms with Crippen molar-refractivity contribution in [2.24, 2.45) is 21.5 Å². The van der Waals surface area contributed by atoms with Crippen LogP contribution in [0.1, 0.15) is 44.7 Å². The zero-order valence-corrected chi connectivity index (χ0v) is 27.8. The van der Waals surface area contributed by atoms with E-state index in [0.717, 1.165) is 42.9 Å². The van der Waals surface area contributed by atoms with Gasteiger partial charge in [-0.05, 0) is 91.4 Å². The van der Waals surface area contributed by atoms with Crippen LogP contribution in [0.5, 0.6) is 0 Å². The van der Waals surface area contributed by atoms with Crippen molar-refractivity contribution in [2.45, 2.75) is 37.8 Å². The van der Waals surface area contributed by atoms with Crippen molar-refractivity contribution in [3.8, 4) is 0 Å². The van der Waals surface area contributed by atoms with E-state index >= 15 is 0 Å². The Morgan fingerprint density at radius 1 is 0.755 bits per heavy atom. The van der Waals surface area contributed by atoms with Crippen molar-refractivity contribution in [3.63, 3.8) is 0 Å². The van der Waals surface area contributed by atoms with Gasteiger partial charge in [-0.2, -0.15) is 0 Å². The third kappa shape index (κ3) is 10.6. The number of anilines is 2. The summed E-state index contributed by atoms with van der Waals surface area (Å²) in [6.07, 6.45) is 4.86. The SMILES string of the molecule is NC1=N[C@@H](CCc2ccc(C(=O)Nc3ccc(Cl)cn3)cc2)CO1.NC1=N[C@@H](CCc2ccc(NC(=O)c3ccc(Cl)cc3F)cc2)CO1. The van der Waals surface area contributed by atoms with Gasteiger partial charge >= 0.3 is 0 Å². The highest BCUT2D eigenvalue weighted by Crippen LogP contribution is 2.19. The quantitative estimate of drug-likeness (QED) is 0.157. The first-order valence-corrected chi connectivity index (χ1v) is 16.2. The molecule has 0 aliphatic carbocycles. The van der Waals surface area contributed by atoms with E-state index < -0.39 is 11.7 Å². The van der Waals surface area contributed by atoms with Crippen LogP contribution in [0.2, 0.25) is 10.0 Å². The Labute approximate surface area is 292 Å². The van der Waals surface area contributed by atoms with Gasteiger partial charge in [0.2, 0.25) is 0 Å². The Morgan fingerprint density at radius 3 is 1.84 bits per heavy atom. The number of aromatic nitrogens is 1. The van der Waals surface area contributed by atoms with Gasteiger partial charge in [0.05, 0.1) is 22.7 Å². The van der Waals surface area contributed by atoms with Gasteiger partial charge in [-0.25, -0.2) is 19.4 Å². The first-order valence-electron chi connectivity index (χ1n) is 15.4. The second-order valence-corrected chi connectivity index (χ2v) is 12.1. The summed E-state index contributed by atoms with van der Waals surface area (Å²) in [5.74, 6) is -0.918. The maximum absolute atomic E-state index is 13.8. The number of aliphatic imine (C=N–C) groups is 2. The standard InChI is InChI=1S/C18H17ClFN3O2.C17H17ClN4O2/c19-12-4-8-15(16(20)9-12)17(24)22-13-5-1-11(2-6-13)3-7-14-10-25-18(21)23-14;18-13-6-8-15(20-9-13)22-16(23)12-4-1-11(2-5-12)3-7-14-10-24-17(19)21-14/h1-2,4-6,8-9,14H,3,7,10H2,(H2,21,23)(H,22,24);1-2,4-6,8-9,14H,3,7,10H2,(H2,19,21)(H,20,22,23)/t2*14-/m00/s1. The first kappa shape index (κ1) is 35.1. The fourth-order valence-electron chi connectivity index (χ4n) is 4.92. The molecule has 49 heavy (non-hydrogen) atoms. The van der Waals surface area contributed by atoms with Crippen LogP contribution >= 0.6 is 23.2 Å². The van der Waals surface area contributed by atoms with E-state index in [1.54, 1.807) is 36.4 Å². The van der Waals surface area contributed by atoms with Crippen molar-refractivity contribution >= 4 is 58.6 Å². The highest BCUT2D eigenvalue weighted by atomic mass is 35.5. The van der Waals surface area contributed by atoms with Crippen LogP contribution in [0, 0.1) is 5.82 Å². The summed E-state index contributed by atoms with van der Waals surface area (Å²) in [5, 5.41) is 6.17. The maximum atomic E-state index is 13.8. The summed E-state index contributed by atoms with van der Waals surface area (Å²) in [7, 11) is 0. The van der Waals surface area contributed by atoms with E-state index in [1.807, 2.05) is 24.3 Å². The molecule has 0 unspecified atom stereocenters. The molecule has 3 heterocycles. The Kier molecular flexibility index (Phi) is 12.0. The highest BCUT2D eigenvalue weighted by Gasteiger charge is 2.18. The van der Waals surface area contributed by atoms with Gasteiger partial charge in [-0.1, -0.05) is 47.5 Å². The largest absolute Gasteiger partial charge is 0.463 e. The molecule has 0 radical (unpaired) electrons. The molecule has 2 atom stereocenters. The van der Waals surface area contributed by atoms with Gasteiger partial charge in [0.25, 0.3) is 23.9 Å². The van der Waals surface area contributed by atoms with Gasteiger partial charge < -0.3 is 31.6 Å². The van der Waals surface area contributed by atoms with Gasteiger partial charge in [0.1, 0.15) is 24.8 Å². The fraction of sp³-hybridized carbons (Fsp3) is 0.229. The molecule has 254 valence electrons. The van der Waals surface area contributed by atoms with Crippen LogP contribution < -0.4 is 22.1 Å². The van der Waals surface area contributed by atoms with Crippen LogP contribution in [0.4, 0.5) is 15.9 Å². The number of nitrogens with zero attached hydrogens (tertiary/aromatic N) is 3. The molecule has 2 aliphatic heterocycles. The minimum Gasteiger partial charge on any atom is -0.463 e. The predicted octanol–water partition coefficient (Wildman–Crippen LogP) is 6.01. The lowest BCUT2D eigenvalue weighted by molar-refractivity contribution is 0.101. The van der Waals surface area contributed by atoms with Crippen LogP contribution in [-0.2, 0) is 22.3 Å². The Hall–Kier alpha value is -5.20. The predicted molar refractivity (Wildman–Crippen MR) is 189 cm³/mol. The molecule has 0 fully saturated rings. The third-order valence-corrected chi connectivity index (χ3v) is 8.03. The number of carbonyl (C=O) groups is 2. The molecule has 0 saturated carbocycles. The van der Waals surface area contributed by atoms with E-state index in [1.165, 1.54) is 18.3 Å². The number of nitrogens with one attached hydrogen (secondary N) is 2. The number of amidine groups is 2. The summed E-state index contributed by atoms with van der Waals surface area (Å²) < 4.78 is 24.0. The normalized spacial score (nSPS) is 16.3. The summed E-state index contributed by atoms with van der Waals surface area (Å²) in [5.41, 5.74) is 14.3. The number of benzene rings is 3. The van der Waals surface area contributed by atoms with Crippen LogP contribution in [0.15, 0.2) is 95.0 Å². The van der Waals surface area contributed by atoms with Gasteiger partial charge in [-0.3, -0.25) is 9.59 Å². The number of halogens is 3. The fourth-order valence-corrected chi connectivity index (χ4v) is 5.19. The number of pyridine rings is 1. The molecule has 6 N–H and O–H groups in total. The lowest BCUT2D eigenvalue weighted by Crippen LogP contribution is -2.13. The van der Waals surface area contributed by atoms with Crippen LogP contribution in [0.25, 0.3) is 0 Å². The van der Waals surface area contributed by atoms with Gasteiger partial charge in [0.15, 0.2) is 0 Å². The van der Waals surface area contributed by atoms with Crippen molar-refractivity contribution in [3.05, 3.63) is 123 Å². The molecule has 11 nitrogen and oxygen atoms in total. The van der Waals surface area contributed by atoms with Crippen molar-refractivity contribution < 1.29 is 23.5 Å². The minimum atomic E-state index is -0.653. The lowest BCUT2D eigenvalue weighted by atomic mass is 10.0. The molecule has 1 aromatic heterocycles. The van der Waals surface area contributed by atoms with E-state index in [-0.39, 0.29) is 40.6 Å². The van der Waals surface area contributed by atoms with E-state index in [2.05, 4.69) is 25.6 Å². The second-order valence-electron chi connectivity index (χ2n) is 11.2. The summed E-state index contributed by atoms with van der Waals surface area (Å²) in [4.78, 5) is 36.7. The number of hydrogen-bond acceptors (Lipinski definition) is 9. The molecule has 0 bridgehead atoms. The number of ether oxygens (including phenoxy) is 2. The van der Waals surface area contributed by atoms with Crippen molar-refractivity contribution in [1.82, 2.24) is 4.98 Å². The molecule has 6 rings (SSSR count). The number of hydrogen-bond donors (Lipinski definition) is 4. The number of carbonyl (C=O) groups excluding carboxylic acids is 2. The molecule has 4 aromatic rings. The molecular formula is C35H34Cl2FN7O4. The van der Waals surface area contributed by atoms with Crippen LogP contribution in [-0.4, -0.2) is 54.1 Å². The minimum absolute atomic E-state index is 0.0508. The van der Waals surface area contributed by atoms with E-state index in [4.69, 9.17) is 44.1 Å². The highest BCUT2D eigenvalue weighted by molar-refractivity contribution is 6.31. The molecule has 3 aromatic carbocycles. The zero-order chi connectivity index (χ0) is 34.8. The Bertz CT molecular complexity index is 1820. The maximum Gasteiger partial charge on any atom is 0.282 e. The number of nitrogens with two attached hydrogens (primary N) is 2. The second kappa shape index (κ2) is 16.8. The van der Waals surface area contributed by atoms with Crippen molar-refractivity contribution in [1.29, 1.82) is 0 Å². The summed E-state index contributed by atoms with van der Waals surface area (Å²) in [6, 6.07) is 22.9. The molecule has 2 amide bonds. The molecule has 0 saturated heterocycles. The average molecular weight is 707 g/mol. The third-order valence-electron chi connectivity index (χ3n) is 7.57. The Morgan fingerprint density at radius 2 is 1.33 bits per heavy atom. The van der Waals surface area contributed by atoms with Gasteiger partial charge in [-0.15, -0.1) is 0 Å². The monoisotopic (exact) mass is 705 g/mol. The van der Waals surface area contributed by atoms with E-state index in [9.17, 15) is 14.0 Å². The Balaban J connectivity index is 0.000000191. The summed E-state index contributed by atoms with van der Waals surface area (Å²) >= 11 is 11.5. The molecule has 2 aliphatic rings. The van der Waals surface area contributed by atoms with Gasteiger partial charge in [0, 0.05) is 22.5 Å². The lowest BCUT2D eigenvalue weighted by Gasteiger charge is -2.08. The van der Waals surface area contributed by atoms with Crippen LogP contribution in [0.3, 0.4) is 0 Å². The topological polar surface area (TPSA) is 166 Å². The molecular weight excluding hydrogens is 672 g/mol.